The van der Waals surface area contributed by atoms with Gasteiger partial charge in [-0.3, -0.25) is 9.59 Å². The number of aryl methyl sites for hydroxylation is 1. The van der Waals surface area contributed by atoms with Crippen LogP contribution in [0.15, 0.2) is 24.3 Å². The molecule has 0 spiro atoms. The Labute approximate surface area is 106 Å². The first-order valence-corrected chi connectivity index (χ1v) is 5.90. The number of carboxylic acids is 1. The van der Waals surface area contributed by atoms with E-state index in [0.29, 0.717) is 18.5 Å². The molecule has 0 saturated heterocycles. The van der Waals surface area contributed by atoms with Gasteiger partial charge in [0, 0.05) is 12.1 Å². The Balaban J connectivity index is 2.75. The van der Waals surface area contributed by atoms with Crippen molar-refractivity contribution in [3.63, 3.8) is 0 Å². The lowest BCUT2D eigenvalue weighted by molar-refractivity contribution is -0.136. The molecule has 0 aliphatic rings. The zero-order valence-electron chi connectivity index (χ0n) is 10.3. The summed E-state index contributed by atoms with van der Waals surface area (Å²) in [5, 5.41) is 11.4. The van der Waals surface area contributed by atoms with Crippen molar-refractivity contribution >= 4 is 17.6 Å². The van der Waals surface area contributed by atoms with E-state index in [1.54, 1.807) is 18.2 Å². The van der Waals surface area contributed by atoms with Crippen molar-refractivity contribution in [2.24, 2.45) is 5.73 Å². The summed E-state index contributed by atoms with van der Waals surface area (Å²) in [4.78, 5) is 22.2. The van der Waals surface area contributed by atoms with Crippen molar-refractivity contribution in [3.05, 3.63) is 29.8 Å². The van der Waals surface area contributed by atoms with Crippen LogP contribution in [0.5, 0.6) is 0 Å². The predicted molar refractivity (Wildman–Crippen MR) is 69.3 cm³/mol. The Morgan fingerprint density at radius 3 is 2.67 bits per heavy atom. The molecular formula is C13H18N2O3. The zero-order valence-corrected chi connectivity index (χ0v) is 10.3. The van der Waals surface area contributed by atoms with Gasteiger partial charge in [-0.1, -0.05) is 25.1 Å². The number of para-hydroxylation sites is 1. The molecule has 0 bridgehead atoms. The molecule has 1 rings (SSSR count). The first-order chi connectivity index (χ1) is 8.54. The second-order valence-electron chi connectivity index (χ2n) is 4.05. The summed E-state index contributed by atoms with van der Waals surface area (Å²) in [6, 6.07) is 6.61. The van der Waals surface area contributed by atoms with Crippen molar-refractivity contribution in [2.75, 3.05) is 5.32 Å². The molecule has 5 nitrogen and oxygen atoms in total. The molecule has 0 saturated carbocycles. The van der Waals surface area contributed by atoms with Crippen LogP contribution in [-0.2, 0) is 16.0 Å². The summed E-state index contributed by atoms with van der Waals surface area (Å²) >= 11 is 0. The van der Waals surface area contributed by atoms with E-state index in [2.05, 4.69) is 5.32 Å². The first kappa shape index (κ1) is 14.2. The monoisotopic (exact) mass is 250 g/mol. The van der Waals surface area contributed by atoms with E-state index >= 15 is 0 Å². The van der Waals surface area contributed by atoms with Crippen molar-refractivity contribution in [3.8, 4) is 0 Å². The van der Waals surface area contributed by atoms with Gasteiger partial charge in [0.15, 0.2) is 0 Å². The van der Waals surface area contributed by atoms with E-state index in [0.717, 1.165) is 5.56 Å². The number of amides is 1. The van der Waals surface area contributed by atoms with Crippen LogP contribution in [0.1, 0.15) is 25.3 Å². The summed E-state index contributed by atoms with van der Waals surface area (Å²) in [6.45, 7) is 1.83. The lowest BCUT2D eigenvalue weighted by Crippen LogP contribution is -2.35. The van der Waals surface area contributed by atoms with Crippen LogP contribution < -0.4 is 11.1 Å². The molecule has 0 aliphatic carbocycles. The van der Waals surface area contributed by atoms with Gasteiger partial charge in [-0.2, -0.15) is 0 Å². The fraction of sp³-hybridized carbons (Fsp3) is 0.385. The molecule has 0 fully saturated rings. The van der Waals surface area contributed by atoms with Gasteiger partial charge in [0.1, 0.15) is 0 Å². The van der Waals surface area contributed by atoms with Crippen molar-refractivity contribution in [1.29, 1.82) is 0 Å². The van der Waals surface area contributed by atoms with Crippen molar-refractivity contribution in [1.82, 2.24) is 0 Å². The minimum Gasteiger partial charge on any atom is -0.481 e. The van der Waals surface area contributed by atoms with Gasteiger partial charge >= 0.3 is 5.97 Å². The molecule has 0 heterocycles. The molecule has 1 aromatic rings. The number of hydrogen-bond donors (Lipinski definition) is 3. The summed E-state index contributed by atoms with van der Waals surface area (Å²) in [7, 11) is 0. The van der Waals surface area contributed by atoms with Gasteiger partial charge in [-0.15, -0.1) is 0 Å². The van der Waals surface area contributed by atoms with E-state index in [-0.39, 0.29) is 12.3 Å². The lowest BCUT2D eigenvalue weighted by Gasteiger charge is -2.13. The molecule has 0 aromatic heterocycles. The number of carboxylic acid groups (broad SMARTS) is 1. The van der Waals surface area contributed by atoms with Crippen LogP contribution in [0.3, 0.4) is 0 Å². The molecule has 18 heavy (non-hydrogen) atoms. The Morgan fingerprint density at radius 2 is 2.06 bits per heavy atom. The van der Waals surface area contributed by atoms with E-state index < -0.39 is 12.0 Å². The number of carbonyl (C=O) groups is 2. The highest BCUT2D eigenvalue weighted by Crippen LogP contribution is 2.17. The van der Waals surface area contributed by atoms with Gasteiger partial charge in [-0.25, -0.2) is 0 Å². The Hall–Kier alpha value is -1.88. The number of carbonyl (C=O) groups excluding carboxylic acids is 1. The highest BCUT2D eigenvalue weighted by atomic mass is 16.4. The second kappa shape index (κ2) is 6.76. The molecule has 0 unspecified atom stereocenters. The van der Waals surface area contributed by atoms with Crippen LogP contribution >= 0.6 is 0 Å². The quantitative estimate of drug-likeness (QED) is 0.711. The minimum atomic E-state index is -0.860. The first-order valence-electron chi connectivity index (χ1n) is 5.90. The van der Waals surface area contributed by atoms with Gasteiger partial charge in [-0.05, 0) is 24.5 Å². The maximum atomic E-state index is 11.7. The fourth-order valence-electron chi connectivity index (χ4n) is 1.51. The lowest BCUT2D eigenvalue weighted by atomic mass is 10.1. The number of hydrogen-bond acceptors (Lipinski definition) is 3. The highest BCUT2D eigenvalue weighted by molar-refractivity contribution is 5.95. The Kier molecular flexibility index (Phi) is 5.32. The molecule has 1 amide bonds. The van der Waals surface area contributed by atoms with Crippen LogP contribution in [0.2, 0.25) is 0 Å². The van der Waals surface area contributed by atoms with E-state index in [1.165, 1.54) is 0 Å². The molecule has 5 heteroatoms. The average molecular weight is 250 g/mol. The molecule has 98 valence electrons. The number of aliphatic carboxylic acids is 1. The van der Waals surface area contributed by atoms with E-state index in [9.17, 15) is 9.59 Å². The third kappa shape index (κ3) is 4.18. The molecule has 4 N–H and O–H groups in total. The van der Waals surface area contributed by atoms with Crippen LogP contribution in [0.4, 0.5) is 5.69 Å². The topological polar surface area (TPSA) is 92.4 Å². The Morgan fingerprint density at radius 1 is 1.39 bits per heavy atom. The minimum absolute atomic E-state index is 0.0344. The number of benzene rings is 1. The SMILES string of the molecule is CC[C@H](N)C(=O)Nc1ccccc1CCC(=O)O. The molecule has 1 atom stereocenters. The number of rotatable bonds is 6. The third-order valence-corrected chi connectivity index (χ3v) is 2.66. The Bertz CT molecular complexity index is 432. The molecule has 1 aromatic carbocycles. The van der Waals surface area contributed by atoms with Gasteiger partial charge in [0.2, 0.25) is 5.91 Å². The van der Waals surface area contributed by atoms with Crippen LogP contribution in [0.25, 0.3) is 0 Å². The van der Waals surface area contributed by atoms with Crippen molar-refractivity contribution in [2.45, 2.75) is 32.2 Å². The molecule has 0 aliphatic heterocycles. The highest BCUT2D eigenvalue weighted by Gasteiger charge is 2.13. The maximum Gasteiger partial charge on any atom is 0.303 e. The summed E-state index contributed by atoms with van der Waals surface area (Å²) in [5.74, 6) is -1.11. The van der Waals surface area contributed by atoms with E-state index in [1.807, 2.05) is 13.0 Å². The molecule has 0 radical (unpaired) electrons. The zero-order chi connectivity index (χ0) is 13.5. The normalized spacial score (nSPS) is 11.9. The maximum absolute atomic E-state index is 11.7. The summed E-state index contributed by atoms with van der Waals surface area (Å²) < 4.78 is 0. The average Bonchev–Trinajstić information content (AvgIpc) is 2.36. The second-order valence-corrected chi connectivity index (χ2v) is 4.05. The number of nitrogens with one attached hydrogen (secondary N) is 1. The molecular weight excluding hydrogens is 232 g/mol. The smallest absolute Gasteiger partial charge is 0.303 e. The summed E-state index contributed by atoms with van der Waals surface area (Å²) in [6.07, 6.45) is 0.975. The van der Waals surface area contributed by atoms with Gasteiger partial charge in [0.25, 0.3) is 0 Å². The largest absolute Gasteiger partial charge is 0.481 e. The van der Waals surface area contributed by atoms with Gasteiger partial charge < -0.3 is 16.2 Å². The summed E-state index contributed by atoms with van der Waals surface area (Å²) in [5.41, 5.74) is 7.06. The van der Waals surface area contributed by atoms with Gasteiger partial charge in [0.05, 0.1) is 6.04 Å². The van der Waals surface area contributed by atoms with E-state index in [4.69, 9.17) is 10.8 Å². The third-order valence-electron chi connectivity index (χ3n) is 2.66. The fourth-order valence-corrected chi connectivity index (χ4v) is 1.51. The predicted octanol–water partition coefficient (Wildman–Crippen LogP) is 1.38. The van der Waals surface area contributed by atoms with Crippen LogP contribution in [0, 0.1) is 0 Å². The van der Waals surface area contributed by atoms with Crippen LogP contribution in [-0.4, -0.2) is 23.0 Å². The standard InChI is InChI=1S/C13H18N2O3/c1-2-10(14)13(18)15-11-6-4-3-5-9(11)7-8-12(16)17/h3-6,10H,2,7-8,14H2,1H3,(H,15,18)(H,16,17)/t10-/m0/s1. The van der Waals surface area contributed by atoms with Crippen molar-refractivity contribution < 1.29 is 14.7 Å². The number of anilines is 1. The number of nitrogens with two attached hydrogens (primary N) is 1.